The summed E-state index contributed by atoms with van der Waals surface area (Å²) in [5, 5.41) is 13.1. The van der Waals surface area contributed by atoms with Crippen molar-refractivity contribution >= 4 is 16.9 Å². The lowest BCUT2D eigenvalue weighted by Crippen LogP contribution is -2.04. The Balaban J connectivity index is 2.18. The molecule has 2 aromatic carbocycles. The molecule has 0 saturated heterocycles. The number of hydrogen-bond acceptors (Lipinski definition) is 3. The minimum atomic E-state index is -4.47. The third-order valence-corrected chi connectivity index (χ3v) is 3.18. The van der Waals surface area contributed by atoms with E-state index in [2.05, 4.69) is 5.16 Å². The fraction of sp³-hybridized carbons (Fsp3) is 0.0667. The van der Waals surface area contributed by atoms with E-state index in [-0.39, 0.29) is 16.9 Å². The van der Waals surface area contributed by atoms with Gasteiger partial charge in [0.15, 0.2) is 5.76 Å². The number of carboxylic acids is 1. The largest absolute Gasteiger partial charge is 0.478 e. The highest BCUT2D eigenvalue weighted by molar-refractivity contribution is 5.98. The van der Waals surface area contributed by atoms with Gasteiger partial charge in [-0.2, -0.15) is 13.2 Å². The normalized spacial score (nSPS) is 11.8. The van der Waals surface area contributed by atoms with Gasteiger partial charge in [-0.1, -0.05) is 17.3 Å². The lowest BCUT2D eigenvalue weighted by molar-refractivity contribution is -0.137. The number of aromatic carboxylic acids is 1. The van der Waals surface area contributed by atoms with E-state index in [4.69, 9.17) is 9.63 Å². The van der Waals surface area contributed by atoms with Crippen LogP contribution in [0, 0.1) is 0 Å². The van der Waals surface area contributed by atoms with Gasteiger partial charge in [0.05, 0.1) is 16.5 Å². The van der Waals surface area contributed by atoms with Crippen molar-refractivity contribution in [2.45, 2.75) is 6.18 Å². The first-order chi connectivity index (χ1) is 10.4. The monoisotopic (exact) mass is 307 g/mol. The maximum absolute atomic E-state index is 12.8. The molecule has 4 nitrogen and oxygen atoms in total. The second-order valence-electron chi connectivity index (χ2n) is 4.63. The molecule has 112 valence electrons. The molecule has 0 atom stereocenters. The van der Waals surface area contributed by atoms with Crippen LogP contribution in [0.2, 0.25) is 0 Å². The quantitative estimate of drug-likeness (QED) is 0.770. The number of hydrogen-bond donors (Lipinski definition) is 1. The fourth-order valence-electron chi connectivity index (χ4n) is 2.12. The van der Waals surface area contributed by atoms with Crippen LogP contribution in [0.25, 0.3) is 22.2 Å². The van der Waals surface area contributed by atoms with Crippen LogP contribution in [-0.4, -0.2) is 16.2 Å². The predicted octanol–water partition coefficient (Wildman–Crippen LogP) is 4.21. The van der Waals surface area contributed by atoms with Crippen molar-refractivity contribution in [3.8, 4) is 11.3 Å². The first-order valence-electron chi connectivity index (χ1n) is 6.16. The van der Waals surface area contributed by atoms with Crippen molar-refractivity contribution in [2.24, 2.45) is 0 Å². The van der Waals surface area contributed by atoms with Gasteiger partial charge in [0, 0.05) is 5.56 Å². The van der Waals surface area contributed by atoms with Crippen molar-refractivity contribution in [1.82, 2.24) is 5.16 Å². The average Bonchev–Trinajstić information content (AvgIpc) is 2.89. The van der Waals surface area contributed by atoms with E-state index in [1.54, 1.807) is 0 Å². The third-order valence-electron chi connectivity index (χ3n) is 3.18. The molecular weight excluding hydrogens is 299 g/mol. The van der Waals surface area contributed by atoms with E-state index in [0.717, 1.165) is 12.1 Å². The van der Waals surface area contributed by atoms with Crippen molar-refractivity contribution in [1.29, 1.82) is 0 Å². The van der Waals surface area contributed by atoms with Crippen LogP contribution in [0.5, 0.6) is 0 Å². The number of fused-ring (bicyclic) bond motifs is 1. The number of carbonyl (C=O) groups is 1. The second kappa shape index (κ2) is 4.87. The maximum Gasteiger partial charge on any atom is 0.416 e. The zero-order valence-corrected chi connectivity index (χ0v) is 10.9. The average molecular weight is 307 g/mol. The molecule has 22 heavy (non-hydrogen) atoms. The van der Waals surface area contributed by atoms with E-state index in [1.807, 2.05) is 0 Å². The first-order valence-corrected chi connectivity index (χ1v) is 6.16. The van der Waals surface area contributed by atoms with Gasteiger partial charge in [-0.05, 0) is 30.3 Å². The minimum Gasteiger partial charge on any atom is -0.478 e. The van der Waals surface area contributed by atoms with Crippen LogP contribution in [0.3, 0.4) is 0 Å². The fourth-order valence-corrected chi connectivity index (χ4v) is 2.12. The van der Waals surface area contributed by atoms with Crippen LogP contribution in [0.1, 0.15) is 15.9 Å². The molecule has 1 N–H and O–H groups in total. The molecular formula is C15H8F3NO3. The molecule has 0 aliphatic carbocycles. The van der Waals surface area contributed by atoms with Crippen LogP contribution in [0.4, 0.5) is 13.2 Å². The molecule has 0 aliphatic heterocycles. The molecule has 0 saturated carbocycles. The maximum atomic E-state index is 12.8. The molecule has 0 fully saturated rings. The molecule has 0 spiro atoms. The van der Waals surface area contributed by atoms with Crippen molar-refractivity contribution in [3.63, 3.8) is 0 Å². The zero-order valence-electron chi connectivity index (χ0n) is 10.9. The molecule has 0 bridgehead atoms. The number of benzene rings is 2. The predicted molar refractivity (Wildman–Crippen MR) is 71.4 cm³/mol. The summed E-state index contributed by atoms with van der Waals surface area (Å²) in [6.07, 6.45) is -4.47. The van der Waals surface area contributed by atoms with Gasteiger partial charge in [-0.15, -0.1) is 0 Å². The summed E-state index contributed by atoms with van der Waals surface area (Å²) in [6, 6.07) is 8.71. The van der Waals surface area contributed by atoms with Gasteiger partial charge < -0.3 is 9.63 Å². The van der Waals surface area contributed by atoms with Crippen LogP contribution in [-0.2, 0) is 6.18 Å². The first kappa shape index (κ1) is 14.1. The number of carboxylic acid groups (broad SMARTS) is 1. The lowest BCUT2D eigenvalue weighted by Gasteiger charge is -2.07. The molecule has 0 amide bonds. The minimum absolute atomic E-state index is 0.00364. The van der Waals surface area contributed by atoms with Crippen molar-refractivity contribution in [2.75, 3.05) is 0 Å². The topological polar surface area (TPSA) is 63.3 Å². The Bertz CT molecular complexity index is 868. The summed E-state index contributed by atoms with van der Waals surface area (Å²) in [5.41, 5.74) is -0.259. The van der Waals surface area contributed by atoms with E-state index in [9.17, 15) is 18.0 Å². The Kier molecular flexibility index (Phi) is 3.13. The van der Waals surface area contributed by atoms with E-state index < -0.39 is 17.7 Å². The summed E-state index contributed by atoms with van der Waals surface area (Å²) in [7, 11) is 0. The SMILES string of the molecule is O=C(O)c1ccc2noc(-c3cccc(C(F)(F)F)c3)c2c1. The summed E-state index contributed by atoms with van der Waals surface area (Å²) in [4.78, 5) is 11.0. The lowest BCUT2D eigenvalue weighted by atomic mass is 10.0. The van der Waals surface area contributed by atoms with E-state index in [1.165, 1.54) is 30.3 Å². The number of alkyl halides is 3. The number of nitrogens with zero attached hydrogens (tertiary/aromatic N) is 1. The highest BCUT2D eigenvalue weighted by Crippen LogP contribution is 2.34. The smallest absolute Gasteiger partial charge is 0.416 e. The van der Waals surface area contributed by atoms with Gasteiger partial charge >= 0.3 is 12.1 Å². The summed E-state index contributed by atoms with van der Waals surface area (Å²) in [6.45, 7) is 0. The molecule has 7 heteroatoms. The Morgan fingerprint density at radius 3 is 2.59 bits per heavy atom. The van der Waals surface area contributed by atoms with Gasteiger partial charge in [-0.25, -0.2) is 4.79 Å². The van der Waals surface area contributed by atoms with Gasteiger partial charge in [-0.3, -0.25) is 0 Å². The van der Waals surface area contributed by atoms with Crippen molar-refractivity contribution in [3.05, 3.63) is 53.6 Å². The van der Waals surface area contributed by atoms with Crippen LogP contribution >= 0.6 is 0 Å². The second-order valence-corrected chi connectivity index (χ2v) is 4.63. The highest BCUT2D eigenvalue weighted by atomic mass is 19.4. The molecule has 0 radical (unpaired) electrons. The summed E-state index contributed by atoms with van der Waals surface area (Å²) < 4.78 is 43.4. The van der Waals surface area contributed by atoms with Crippen LogP contribution in [0.15, 0.2) is 47.0 Å². The standard InChI is InChI=1S/C15H8F3NO3/c16-15(17,18)10-3-1-2-8(6-10)13-11-7-9(14(20)21)4-5-12(11)19-22-13/h1-7H,(H,20,21). The number of aromatic nitrogens is 1. The third kappa shape index (κ3) is 2.41. The van der Waals surface area contributed by atoms with E-state index >= 15 is 0 Å². The molecule has 1 heterocycles. The summed E-state index contributed by atoms with van der Waals surface area (Å²) in [5.74, 6) is -1.04. The molecule has 0 aliphatic rings. The highest BCUT2D eigenvalue weighted by Gasteiger charge is 2.30. The molecule has 0 unspecified atom stereocenters. The number of halogens is 3. The van der Waals surface area contributed by atoms with E-state index in [0.29, 0.717) is 10.9 Å². The number of rotatable bonds is 2. The van der Waals surface area contributed by atoms with Crippen LogP contribution < -0.4 is 0 Å². The Morgan fingerprint density at radius 1 is 1.14 bits per heavy atom. The van der Waals surface area contributed by atoms with Gasteiger partial charge in [0.2, 0.25) is 0 Å². The van der Waals surface area contributed by atoms with Gasteiger partial charge in [0.1, 0.15) is 5.52 Å². The van der Waals surface area contributed by atoms with Crippen molar-refractivity contribution < 1.29 is 27.6 Å². The molecule has 1 aromatic heterocycles. The Hall–Kier alpha value is -2.83. The molecule has 3 aromatic rings. The summed E-state index contributed by atoms with van der Waals surface area (Å²) >= 11 is 0. The Labute approximate surface area is 121 Å². The molecule has 3 rings (SSSR count). The zero-order chi connectivity index (χ0) is 15.9. The Morgan fingerprint density at radius 2 is 1.91 bits per heavy atom. The van der Waals surface area contributed by atoms with Gasteiger partial charge in [0.25, 0.3) is 0 Å².